The van der Waals surface area contributed by atoms with Crippen LogP contribution in [-0.2, 0) is 19.1 Å². The molecular formula is C31H42ClN3O5. The van der Waals surface area contributed by atoms with Gasteiger partial charge in [-0.25, -0.2) is 0 Å². The van der Waals surface area contributed by atoms with Crippen LogP contribution in [0.5, 0.6) is 0 Å². The lowest BCUT2D eigenvalue weighted by molar-refractivity contribution is -0.154. The summed E-state index contributed by atoms with van der Waals surface area (Å²) in [6.07, 6.45) is 3.69. The molecule has 0 aliphatic carbocycles. The van der Waals surface area contributed by atoms with Gasteiger partial charge in [-0.3, -0.25) is 14.4 Å². The molecule has 0 aromatic heterocycles. The van der Waals surface area contributed by atoms with Crippen LogP contribution in [0, 0.1) is 30.6 Å². The Morgan fingerprint density at radius 2 is 1.90 bits per heavy atom. The average Bonchev–Trinajstić information content (AvgIpc) is 3.40. The number of rotatable bonds is 10. The smallest absolute Gasteiger partial charge is 0.253 e. The number of carbonyl (C=O) groups excluding carboxylic acids is 3. The van der Waals surface area contributed by atoms with E-state index in [2.05, 4.69) is 13.2 Å². The number of ether oxygens (including phenoxy) is 1. The number of anilines is 1. The number of carbonyl (C=O) groups is 3. The molecule has 1 aromatic carbocycles. The number of hydrogen-bond donors (Lipinski definition) is 1. The summed E-state index contributed by atoms with van der Waals surface area (Å²) in [6.45, 7) is 17.4. The summed E-state index contributed by atoms with van der Waals surface area (Å²) in [4.78, 5) is 47.9. The molecule has 40 heavy (non-hydrogen) atoms. The molecule has 1 aromatic rings. The van der Waals surface area contributed by atoms with E-state index in [1.807, 2.05) is 46.8 Å². The highest BCUT2D eigenvalue weighted by Crippen LogP contribution is 2.66. The largest absolute Gasteiger partial charge is 0.394 e. The summed E-state index contributed by atoms with van der Waals surface area (Å²) < 4.78 is 6.86. The summed E-state index contributed by atoms with van der Waals surface area (Å²) in [5.41, 5.74) is -0.842. The molecule has 9 heteroatoms. The van der Waals surface area contributed by atoms with Crippen molar-refractivity contribution in [2.45, 2.75) is 64.3 Å². The summed E-state index contributed by atoms with van der Waals surface area (Å²) in [7, 11) is 1.69. The first-order valence-corrected chi connectivity index (χ1v) is 14.4. The maximum absolute atomic E-state index is 14.8. The van der Waals surface area contributed by atoms with Crippen LogP contribution in [0.15, 0.2) is 43.5 Å². The topological polar surface area (TPSA) is 90.4 Å². The van der Waals surface area contributed by atoms with Gasteiger partial charge in [0.1, 0.15) is 11.6 Å². The molecule has 3 heterocycles. The number of benzene rings is 1. The lowest BCUT2D eigenvalue weighted by atomic mass is 9.62. The highest BCUT2D eigenvalue weighted by molar-refractivity contribution is 6.34. The number of halogens is 1. The molecule has 3 aliphatic heterocycles. The summed E-state index contributed by atoms with van der Waals surface area (Å²) in [5, 5.41) is 10.9. The van der Waals surface area contributed by atoms with Crippen molar-refractivity contribution in [2.75, 3.05) is 31.6 Å². The van der Waals surface area contributed by atoms with Crippen LogP contribution in [0.3, 0.4) is 0 Å². The van der Waals surface area contributed by atoms with Crippen molar-refractivity contribution < 1.29 is 24.2 Å². The maximum atomic E-state index is 14.8. The van der Waals surface area contributed by atoms with Gasteiger partial charge in [-0.15, -0.1) is 13.2 Å². The van der Waals surface area contributed by atoms with E-state index in [0.717, 1.165) is 5.56 Å². The van der Waals surface area contributed by atoms with E-state index in [4.69, 9.17) is 16.3 Å². The van der Waals surface area contributed by atoms with E-state index in [0.29, 0.717) is 23.7 Å². The van der Waals surface area contributed by atoms with E-state index < -0.39 is 35.1 Å². The van der Waals surface area contributed by atoms with Crippen molar-refractivity contribution in [2.24, 2.45) is 23.7 Å². The van der Waals surface area contributed by atoms with Crippen LogP contribution >= 0.6 is 11.6 Å². The number of aliphatic hydroxyl groups excluding tert-OH is 1. The minimum atomic E-state index is -1.24. The van der Waals surface area contributed by atoms with Crippen LogP contribution in [-0.4, -0.2) is 82.7 Å². The lowest BCUT2D eigenvalue weighted by Crippen LogP contribution is -2.60. The van der Waals surface area contributed by atoms with E-state index >= 15 is 0 Å². The molecule has 1 spiro atoms. The Hall–Kier alpha value is -2.68. The fraction of sp³-hybridized carbons (Fsp3) is 0.581. The Morgan fingerprint density at radius 1 is 1.25 bits per heavy atom. The SMILES string of the molecule is C=CCN(C)C(=O)[C@@H]1[C@H]2C(=O)N([C@@H](CO)C(C)C)C(C(=O)N(CC=C)c3c(C)cccc3Cl)C23CC(C)[C@@]1(C)O3. The number of fused-ring (bicyclic) bond motifs is 1. The summed E-state index contributed by atoms with van der Waals surface area (Å²) in [6, 6.07) is 3.71. The highest BCUT2D eigenvalue weighted by Gasteiger charge is 2.80. The number of hydrogen-bond acceptors (Lipinski definition) is 5. The van der Waals surface area contributed by atoms with Crippen molar-refractivity contribution in [3.05, 3.63) is 54.1 Å². The molecule has 3 aliphatic rings. The normalized spacial score (nSPS) is 31.3. The van der Waals surface area contributed by atoms with E-state index in [9.17, 15) is 19.5 Å². The van der Waals surface area contributed by atoms with Crippen molar-refractivity contribution in [3.63, 3.8) is 0 Å². The molecule has 0 saturated carbocycles. The van der Waals surface area contributed by atoms with Gasteiger partial charge < -0.3 is 24.5 Å². The van der Waals surface area contributed by atoms with Gasteiger partial charge in [0, 0.05) is 20.1 Å². The van der Waals surface area contributed by atoms with Gasteiger partial charge in [-0.05, 0) is 43.7 Å². The first kappa shape index (κ1) is 30.3. The van der Waals surface area contributed by atoms with Gasteiger partial charge in [0.05, 0.1) is 40.8 Å². The second kappa shape index (κ2) is 11.0. The molecular weight excluding hydrogens is 530 g/mol. The van der Waals surface area contributed by atoms with Crippen LogP contribution in [0.4, 0.5) is 5.69 Å². The zero-order valence-corrected chi connectivity index (χ0v) is 25.1. The predicted molar refractivity (Wildman–Crippen MR) is 156 cm³/mol. The Balaban J connectivity index is 1.93. The first-order chi connectivity index (χ1) is 18.8. The standard InChI is InChI=1S/C31H42ClN3O5/c1-9-14-33(8)27(37)23-24-28(38)35(22(17-36)18(3)4)26(31(24)16-20(6)30(23,7)40-31)29(39)34(15-10-2)25-19(5)12-11-13-21(25)32/h9-13,18,20,22-24,26,36H,1-2,14-17H2,3-8H3/t20?,22-,23-,24-,26?,30+,31?/m0/s1. The van der Waals surface area contributed by atoms with Gasteiger partial charge in [0.2, 0.25) is 11.8 Å². The Labute approximate surface area is 242 Å². The van der Waals surface area contributed by atoms with Crippen molar-refractivity contribution >= 4 is 35.0 Å². The molecule has 0 radical (unpaired) electrons. The number of likely N-dealkylation sites (N-methyl/N-ethyl adjacent to an activating group) is 1. The first-order valence-electron chi connectivity index (χ1n) is 14.0. The molecule has 3 unspecified atom stereocenters. The molecule has 3 fully saturated rings. The third-order valence-corrected chi connectivity index (χ3v) is 9.69. The molecule has 2 bridgehead atoms. The lowest BCUT2D eigenvalue weighted by Gasteiger charge is -2.41. The van der Waals surface area contributed by atoms with E-state index in [1.54, 1.807) is 35.1 Å². The molecule has 7 atom stereocenters. The quantitative estimate of drug-likeness (QED) is 0.431. The third kappa shape index (κ3) is 4.30. The highest BCUT2D eigenvalue weighted by atomic mass is 35.5. The van der Waals surface area contributed by atoms with Crippen molar-refractivity contribution in [1.82, 2.24) is 9.80 Å². The molecule has 4 rings (SSSR count). The number of aryl methyl sites for hydroxylation is 1. The average molecular weight is 572 g/mol. The van der Waals surface area contributed by atoms with E-state index in [-0.39, 0.29) is 42.7 Å². The summed E-state index contributed by atoms with van der Waals surface area (Å²) >= 11 is 6.64. The fourth-order valence-corrected chi connectivity index (χ4v) is 7.69. The molecule has 3 amide bonds. The number of nitrogens with zero attached hydrogens (tertiary/aromatic N) is 3. The fourth-order valence-electron chi connectivity index (χ4n) is 7.36. The minimum absolute atomic E-state index is 0.0978. The monoisotopic (exact) mass is 571 g/mol. The number of para-hydroxylation sites is 1. The molecule has 218 valence electrons. The Morgan fingerprint density at radius 3 is 2.45 bits per heavy atom. The van der Waals surface area contributed by atoms with Crippen molar-refractivity contribution in [3.8, 4) is 0 Å². The third-order valence-electron chi connectivity index (χ3n) is 9.38. The second-order valence-electron chi connectivity index (χ2n) is 12.1. The molecule has 1 N–H and O–H groups in total. The Kier molecular flexibility index (Phi) is 8.29. The maximum Gasteiger partial charge on any atom is 0.253 e. The van der Waals surface area contributed by atoms with Crippen LogP contribution in [0.1, 0.15) is 39.7 Å². The van der Waals surface area contributed by atoms with Crippen LogP contribution in [0.25, 0.3) is 0 Å². The van der Waals surface area contributed by atoms with Gasteiger partial charge in [-0.2, -0.15) is 0 Å². The Bertz CT molecular complexity index is 1200. The van der Waals surface area contributed by atoms with Gasteiger partial charge in [0.15, 0.2) is 0 Å². The van der Waals surface area contributed by atoms with E-state index in [1.165, 1.54) is 4.90 Å². The van der Waals surface area contributed by atoms with Crippen LogP contribution < -0.4 is 4.90 Å². The predicted octanol–water partition coefficient (Wildman–Crippen LogP) is 3.84. The van der Waals surface area contributed by atoms with Crippen LogP contribution in [0.2, 0.25) is 5.02 Å². The van der Waals surface area contributed by atoms with Crippen molar-refractivity contribution in [1.29, 1.82) is 0 Å². The summed E-state index contributed by atoms with van der Waals surface area (Å²) in [5.74, 6) is -2.81. The minimum Gasteiger partial charge on any atom is -0.394 e. The number of amides is 3. The second-order valence-corrected chi connectivity index (χ2v) is 12.5. The zero-order valence-electron chi connectivity index (χ0n) is 24.4. The van der Waals surface area contributed by atoms with Gasteiger partial charge in [0.25, 0.3) is 5.91 Å². The zero-order chi connectivity index (χ0) is 29.7. The molecule has 3 saturated heterocycles. The molecule has 8 nitrogen and oxygen atoms in total. The number of aliphatic hydroxyl groups is 1. The van der Waals surface area contributed by atoms with Gasteiger partial charge in [-0.1, -0.05) is 56.7 Å². The number of likely N-dealkylation sites (tertiary alicyclic amines) is 1. The van der Waals surface area contributed by atoms with Gasteiger partial charge >= 0.3 is 0 Å².